The Balaban J connectivity index is 1.60. The summed E-state index contributed by atoms with van der Waals surface area (Å²) in [6, 6.07) is 12.4. The molecule has 0 aromatic heterocycles. The standard InChI is InChI=1S/C18H20FN3O2/c1-20-18(22(2)11-14-4-3-5-15(19)8-14)21-10-13-6-7-16-17(9-13)24-12-23-16/h3-9H,10-12H2,1-2H3,(H,20,21). The molecule has 0 bridgehead atoms. The summed E-state index contributed by atoms with van der Waals surface area (Å²) in [5, 5.41) is 3.30. The van der Waals surface area contributed by atoms with Gasteiger partial charge in [0.25, 0.3) is 0 Å². The van der Waals surface area contributed by atoms with E-state index in [0.29, 0.717) is 13.1 Å². The molecule has 0 amide bonds. The van der Waals surface area contributed by atoms with Crippen molar-refractivity contribution in [2.75, 3.05) is 20.9 Å². The average molecular weight is 329 g/mol. The molecule has 0 spiro atoms. The fourth-order valence-corrected chi connectivity index (χ4v) is 2.60. The van der Waals surface area contributed by atoms with Gasteiger partial charge in [0, 0.05) is 27.2 Å². The summed E-state index contributed by atoms with van der Waals surface area (Å²) < 4.78 is 24.0. The lowest BCUT2D eigenvalue weighted by molar-refractivity contribution is 0.174. The molecule has 24 heavy (non-hydrogen) atoms. The van der Waals surface area contributed by atoms with Gasteiger partial charge < -0.3 is 19.7 Å². The van der Waals surface area contributed by atoms with E-state index in [2.05, 4.69) is 10.3 Å². The molecule has 6 heteroatoms. The number of ether oxygens (including phenoxy) is 2. The van der Waals surface area contributed by atoms with Crippen molar-refractivity contribution in [3.63, 3.8) is 0 Å². The Hall–Kier alpha value is -2.76. The Labute approximate surface area is 140 Å². The quantitative estimate of drug-likeness (QED) is 0.692. The third-order valence-corrected chi connectivity index (χ3v) is 3.77. The predicted molar refractivity (Wildman–Crippen MR) is 90.6 cm³/mol. The van der Waals surface area contributed by atoms with Gasteiger partial charge in [-0.2, -0.15) is 0 Å². The number of rotatable bonds is 4. The minimum Gasteiger partial charge on any atom is -0.454 e. The van der Waals surface area contributed by atoms with Gasteiger partial charge in [-0.25, -0.2) is 4.39 Å². The Kier molecular flexibility index (Phi) is 4.84. The monoisotopic (exact) mass is 329 g/mol. The summed E-state index contributed by atoms with van der Waals surface area (Å²) in [4.78, 5) is 6.22. The predicted octanol–water partition coefficient (Wildman–Crippen LogP) is 2.76. The number of fused-ring (bicyclic) bond motifs is 1. The van der Waals surface area contributed by atoms with E-state index in [9.17, 15) is 4.39 Å². The summed E-state index contributed by atoms with van der Waals surface area (Å²) in [5.74, 6) is 2.03. The van der Waals surface area contributed by atoms with Crippen LogP contribution in [0.2, 0.25) is 0 Å². The molecule has 0 radical (unpaired) electrons. The third kappa shape index (κ3) is 3.76. The fraction of sp³-hybridized carbons (Fsp3) is 0.278. The molecule has 5 nitrogen and oxygen atoms in total. The normalized spacial score (nSPS) is 13.0. The van der Waals surface area contributed by atoms with Gasteiger partial charge >= 0.3 is 0 Å². The first-order chi connectivity index (χ1) is 11.7. The zero-order valence-electron chi connectivity index (χ0n) is 13.8. The number of nitrogens with zero attached hydrogens (tertiary/aromatic N) is 2. The zero-order valence-corrected chi connectivity index (χ0v) is 13.8. The van der Waals surface area contributed by atoms with Crippen LogP contribution in [-0.4, -0.2) is 31.7 Å². The molecule has 1 aliphatic rings. The van der Waals surface area contributed by atoms with E-state index in [0.717, 1.165) is 28.6 Å². The van der Waals surface area contributed by atoms with Gasteiger partial charge in [0.15, 0.2) is 17.5 Å². The molecule has 0 unspecified atom stereocenters. The molecular weight excluding hydrogens is 309 g/mol. The number of nitrogens with one attached hydrogen (secondary N) is 1. The maximum atomic E-state index is 13.3. The number of halogens is 1. The third-order valence-electron chi connectivity index (χ3n) is 3.77. The molecule has 0 aliphatic carbocycles. The number of hydrogen-bond donors (Lipinski definition) is 1. The van der Waals surface area contributed by atoms with Crippen LogP contribution in [0.5, 0.6) is 11.5 Å². The maximum Gasteiger partial charge on any atom is 0.231 e. The van der Waals surface area contributed by atoms with Crippen molar-refractivity contribution < 1.29 is 13.9 Å². The number of aliphatic imine (C=N–C) groups is 1. The Morgan fingerprint density at radius 3 is 2.79 bits per heavy atom. The van der Waals surface area contributed by atoms with Gasteiger partial charge in [0.05, 0.1) is 0 Å². The van der Waals surface area contributed by atoms with Gasteiger partial charge in [-0.1, -0.05) is 18.2 Å². The van der Waals surface area contributed by atoms with Gasteiger partial charge in [0.1, 0.15) is 5.82 Å². The van der Waals surface area contributed by atoms with E-state index in [-0.39, 0.29) is 12.6 Å². The van der Waals surface area contributed by atoms with Crippen LogP contribution in [0.4, 0.5) is 4.39 Å². The molecule has 2 aromatic carbocycles. The summed E-state index contributed by atoms with van der Waals surface area (Å²) in [5.41, 5.74) is 1.96. The number of guanidine groups is 1. The van der Waals surface area contributed by atoms with Crippen molar-refractivity contribution in [3.8, 4) is 11.5 Å². The van der Waals surface area contributed by atoms with E-state index in [1.807, 2.05) is 36.2 Å². The van der Waals surface area contributed by atoms with Crippen molar-refractivity contribution in [1.29, 1.82) is 0 Å². The van der Waals surface area contributed by atoms with Gasteiger partial charge in [-0.3, -0.25) is 4.99 Å². The molecule has 1 aliphatic heterocycles. The second-order valence-corrected chi connectivity index (χ2v) is 5.57. The summed E-state index contributed by atoms with van der Waals surface area (Å²) in [7, 11) is 3.64. The largest absolute Gasteiger partial charge is 0.454 e. The topological polar surface area (TPSA) is 46.1 Å². The van der Waals surface area contributed by atoms with E-state index in [1.165, 1.54) is 12.1 Å². The molecule has 1 heterocycles. The lowest BCUT2D eigenvalue weighted by Gasteiger charge is -2.22. The van der Waals surface area contributed by atoms with Crippen molar-refractivity contribution in [2.45, 2.75) is 13.1 Å². The van der Waals surface area contributed by atoms with Crippen molar-refractivity contribution >= 4 is 5.96 Å². The minimum absolute atomic E-state index is 0.232. The molecule has 0 saturated carbocycles. The minimum atomic E-state index is -0.232. The first-order valence-electron chi connectivity index (χ1n) is 7.70. The van der Waals surface area contributed by atoms with Gasteiger partial charge in [0.2, 0.25) is 6.79 Å². The second kappa shape index (κ2) is 7.21. The Morgan fingerprint density at radius 2 is 2.00 bits per heavy atom. The van der Waals surface area contributed by atoms with Crippen molar-refractivity contribution in [2.24, 2.45) is 4.99 Å². The Bertz CT molecular complexity index is 749. The maximum absolute atomic E-state index is 13.3. The molecule has 126 valence electrons. The van der Waals surface area contributed by atoms with E-state index < -0.39 is 0 Å². The molecular formula is C18H20FN3O2. The van der Waals surface area contributed by atoms with E-state index >= 15 is 0 Å². The fourth-order valence-electron chi connectivity index (χ4n) is 2.60. The highest BCUT2D eigenvalue weighted by atomic mass is 19.1. The summed E-state index contributed by atoms with van der Waals surface area (Å²) in [6.07, 6.45) is 0. The van der Waals surface area contributed by atoms with Gasteiger partial charge in [-0.15, -0.1) is 0 Å². The van der Waals surface area contributed by atoms with Crippen molar-refractivity contribution in [3.05, 3.63) is 59.4 Å². The second-order valence-electron chi connectivity index (χ2n) is 5.57. The summed E-state index contributed by atoms with van der Waals surface area (Å²) >= 11 is 0. The first kappa shape index (κ1) is 16.1. The van der Waals surface area contributed by atoms with Crippen LogP contribution < -0.4 is 14.8 Å². The smallest absolute Gasteiger partial charge is 0.231 e. The lowest BCUT2D eigenvalue weighted by atomic mass is 10.2. The van der Waals surface area contributed by atoms with Crippen LogP contribution in [-0.2, 0) is 13.1 Å². The molecule has 1 N–H and O–H groups in total. The van der Waals surface area contributed by atoms with Gasteiger partial charge in [-0.05, 0) is 35.4 Å². The highest BCUT2D eigenvalue weighted by Gasteiger charge is 2.13. The van der Waals surface area contributed by atoms with Crippen LogP contribution in [0.1, 0.15) is 11.1 Å². The highest BCUT2D eigenvalue weighted by Crippen LogP contribution is 2.32. The molecule has 0 saturated heterocycles. The van der Waals surface area contributed by atoms with Crippen molar-refractivity contribution in [1.82, 2.24) is 10.2 Å². The number of hydrogen-bond acceptors (Lipinski definition) is 3. The van der Waals surface area contributed by atoms with Crippen LogP contribution >= 0.6 is 0 Å². The van der Waals surface area contributed by atoms with Crippen LogP contribution in [0.3, 0.4) is 0 Å². The molecule has 3 rings (SSSR count). The SMILES string of the molecule is CN=C(NCc1ccc2c(c1)OCO2)N(C)Cc1cccc(F)c1. The zero-order chi connectivity index (χ0) is 16.9. The molecule has 2 aromatic rings. The van der Waals surface area contributed by atoms with Crippen LogP contribution in [0.25, 0.3) is 0 Å². The van der Waals surface area contributed by atoms with Crippen LogP contribution in [0.15, 0.2) is 47.5 Å². The molecule has 0 fully saturated rings. The van der Waals surface area contributed by atoms with Crippen LogP contribution in [0, 0.1) is 5.82 Å². The van der Waals surface area contributed by atoms with E-state index in [1.54, 1.807) is 13.1 Å². The lowest BCUT2D eigenvalue weighted by Crippen LogP contribution is -2.38. The first-order valence-corrected chi connectivity index (χ1v) is 7.70. The highest BCUT2D eigenvalue weighted by molar-refractivity contribution is 5.79. The number of benzene rings is 2. The molecule has 0 atom stereocenters. The Morgan fingerprint density at radius 1 is 1.17 bits per heavy atom. The summed E-state index contributed by atoms with van der Waals surface area (Å²) in [6.45, 7) is 1.44. The van der Waals surface area contributed by atoms with E-state index in [4.69, 9.17) is 9.47 Å². The average Bonchev–Trinajstić information content (AvgIpc) is 3.03.